The average molecular weight is 302 g/mol. The fourth-order valence-electron chi connectivity index (χ4n) is 2.21. The first kappa shape index (κ1) is 16.1. The highest BCUT2D eigenvalue weighted by molar-refractivity contribution is 5.89. The summed E-state index contributed by atoms with van der Waals surface area (Å²) in [6, 6.07) is 10.7. The zero-order valence-corrected chi connectivity index (χ0v) is 12.9. The molecule has 2 amide bonds. The number of amides is 2. The first-order chi connectivity index (χ1) is 10.6. The summed E-state index contributed by atoms with van der Waals surface area (Å²) < 4.78 is 5.14. The van der Waals surface area contributed by atoms with Crippen molar-refractivity contribution in [3.8, 4) is 0 Å². The van der Waals surface area contributed by atoms with Crippen LogP contribution in [0.15, 0.2) is 47.1 Å². The average Bonchev–Trinajstić information content (AvgIpc) is 3.02. The molecule has 2 aromatic rings. The zero-order valence-electron chi connectivity index (χ0n) is 12.9. The van der Waals surface area contributed by atoms with Crippen molar-refractivity contribution < 1.29 is 14.3 Å². The lowest BCUT2D eigenvalue weighted by Gasteiger charge is -2.17. The maximum atomic E-state index is 11.9. The Kier molecular flexibility index (Phi) is 5.61. The van der Waals surface area contributed by atoms with Gasteiger partial charge in [-0.05, 0) is 43.2 Å². The van der Waals surface area contributed by atoms with Crippen LogP contribution in [0.3, 0.4) is 0 Å². The number of anilines is 1. The second-order valence-electron chi connectivity index (χ2n) is 5.32. The molecule has 5 heteroatoms. The van der Waals surface area contributed by atoms with Crippen molar-refractivity contribution in [3.05, 3.63) is 54.0 Å². The number of aliphatic hydroxyl groups excluding tert-OH is 1. The molecule has 0 saturated carbocycles. The molecule has 0 aliphatic carbocycles. The SMILES string of the molecule is CCc1ccc(NC(=O)NC(C)CC(O)c2ccco2)cc1. The molecule has 0 fully saturated rings. The third-order valence-corrected chi connectivity index (χ3v) is 3.45. The van der Waals surface area contributed by atoms with Crippen LogP contribution in [0.1, 0.15) is 37.7 Å². The van der Waals surface area contributed by atoms with Gasteiger partial charge in [-0.3, -0.25) is 0 Å². The number of benzene rings is 1. The van der Waals surface area contributed by atoms with E-state index >= 15 is 0 Å². The number of hydrogen-bond donors (Lipinski definition) is 3. The van der Waals surface area contributed by atoms with Crippen LogP contribution < -0.4 is 10.6 Å². The quantitative estimate of drug-likeness (QED) is 0.765. The van der Waals surface area contributed by atoms with Crippen LogP contribution in [-0.2, 0) is 6.42 Å². The Morgan fingerprint density at radius 1 is 1.27 bits per heavy atom. The summed E-state index contributed by atoms with van der Waals surface area (Å²) in [6.45, 7) is 3.92. The van der Waals surface area contributed by atoms with Crippen LogP contribution >= 0.6 is 0 Å². The Hall–Kier alpha value is -2.27. The number of urea groups is 1. The lowest BCUT2D eigenvalue weighted by molar-refractivity contribution is 0.130. The Bertz CT molecular complexity index is 578. The number of aryl methyl sites for hydroxylation is 1. The van der Waals surface area contributed by atoms with E-state index in [2.05, 4.69) is 17.6 Å². The first-order valence-electron chi connectivity index (χ1n) is 7.46. The van der Waals surface area contributed by atoms with Gasteiger partial charge in [0.05, 0.1) is 6.26 Å². The third-order valence-electron chi connectivity index (χ3n) is 3.45. The largest absolute Gasteiger partial charge is 0.467 e. The predicted molar refractivity (Wildman–Crippen MR) is 85.7 cm³/mol. The highest BCUT2D eigenvalue weighted by Crippen LogP contribution is 2.18. The van der Waals surface area contributed by atoms with Gasteiger partial charge in [0.1, 0.15) is 11.9 Å². The summed E-state index contributed by atoms with van der Waals surface area (Å²) in [7, 11) is 0. The Morgan fingerprint density at radius 2 is 2.00 bits per heavy atom. The van der Waals surface area contributed by atoms with Gasteiger partial charge in [0.2, 0.25) is 0 Å². The minimum atomic E-state index is -0.728. The summed E-state index contributed by atoms with van der Waals surface area (Å²) in [5.41, 5.74) is 1.97. The lowest BCUT2D eigenvalue weighted by atomic mass is 10.1. The van der Waals surface area contributed by atoms with Crippen LogP contribution in [0.4, 0.5) is 10.5 Å². The first-order valence-corrected chi connectivity index (χ1v) is 7.46. The maximum absolute atomic E-state index is 11.9. The van der Waals surface area contributed by atoms with Gasteiger partial charge in [0, 0.05) is 18.2 Å². The van der Waals surface area contributed by atoms with Crippen molar-refractivity contribution in [2.45, 2.75) is 38.8 Å². The van der Waals surface area contributed by atoms with Gasteiger partial charge >= 0.3 is 6.03 Å². The molecular weight excluding hydrogens is 280 g/mol. The standard InChI is InChI=1S/C17H22N2O3/c1-3-13-6-8-14(9-7-13)19-17(21)18-12(2)11-15(20)16-5-4-10-22-16/h4-10,12,15,20H,3,11H2,1-2H3,(H2,18,19,21). The van der Waals surface area contributed by atoms with E-state index < -0.39 is 6.10 Å². The Balaban J connectivity index is 1.80. The predicted octanol–water partition coefficient (Wildman–Crippen LogP) is 3.48. The minimum absolute atomic E-state index is 0.185. The fraction of sp³-hybridized carbons (Fsp3) is 0.353. The third kappa shape index (κ3) is 4.63. The molecule has 3 N–H and O–H groups in total. The van der Waals surface area contributed by atoms with Crippen molar-refractivity contribution in [1.29, 1.82) is 0 Å². The number of furan rings is 1. The van der Waals surface area contributed by atoms with Crippen LogP contribution in [0.25, 0.3) is 0 Å². The number of rotatable bonds is 6. The molecule has 2 rings (SSSR count). The molecule has 0 radical (unpaired) electrons. The molecule has 1 aromatic heterocycles. The summed E-state index contributed by atoms with van der Waals surface area (Å²) in [4.78, 5) is 11.9. The number of carbonyl (C=O) groups is 1. The Labute approximate surface area is 130 Å². The van der Waals surface area contributed by atoms with Gasteiger partial charge in [0.15, 0.2) is 0 Å². The molecule has 0 bridgehead atoms. The smallest absolute Gasteiger partial charge is 0.319 e. The summed E-state index contributed by atoms with van der Waals surface area (Å²) in [6.07, 6.45) is 2.14. The minimum Gasteiger partial charge on any atom is -0.467 e. The van der Waals surface area contributed by atoms with E-state index in [4.69, 9.17) is 4.42 Å². The van der Waals surface area contributed by atoms with Crippen LogP contribution in [0.2, 0.25) is 0 Å². The summed E-state index contributed by atoms with van der Waals surface area (Å²) in [5, 5.41) is 15.5. The zero-order chi connectivity index (χ0) is 15.9. The molecular formula is C17H22N2O3. The second kappa shape index (κ2) is 7.66. The molecule has 0 aliphatic heterocycles. The topological polar surface area (TPSA) is 74.5 Å². The molecule has 0 spiro atoms. The number of hydrogen-bond acceptors (Lipinski definition) is 3. The van der Waals surface area contributed by atoms with Crippen molar-refractivity contribution >= 4 is 11.7 Å². The van der Waals surface area contributed by atoms with E-state index in [9.17, 15) is 9.90 Å². The highest BCUT2D eigenvalue weighted by Gasteiger charge is 2.16. The van der Waals surface area contributed by atoms with Crippen molar-refractivity contribution in [2.24, 2.45) is 0 Å². The van der Waals surface area contributed by atoms with Gasteiger partial charge in [-0.2, -0.15) is 0 Å². The van der Waals surface area contributed by atoms with Gasteiger partial charge in [0.25, 0.3) is 0 Å². The van der Waals surface area contributed by atoms with E-state index in [0.717, 1.165) is 12.1 Å². The molecule has 0 aliphatic rings. The number of carbonyl (C=O) groups excluding carboxylic acids is 1. The van der Waals surface area contributed by atoms with Gasteiger partial charge in [-0.1, -0.05) is 19.1 Å². The normalized spacial score (nSPS) is 13.4. The Morgan fingerprint density at radius 3 is 2.59 bits per heavy atom. The van der Waals surface area contributed by atoms with E-state index in [1.807, 2.05) is 31.2 Å². The molecule has 1 heterocycles. The maximum Gasteiger partial charge on any atom is 0.319 e. The summed E-state index contributed by atoms with van der Waals surface area (Å²) in [5.74, 6) is 0.504. The summed E-state index contributed by atoms with van der Waals surface area (Å²) >= 11 is 0. The number of aliphatic hydroxyl groups is 1. The van der Waals surface area contributed by atoms with Crippen LogP contribution in [0, 0.1) is 0 Å². The van der Waals surface area contributed by atoms with Crippen LogP contribution in [-0.4, -0.2) is 17.2 Å². The highest BCUT2D eigenvalue weighted by atomic mass is 16.4. The second-order valence-corrected chi connectivity index (χ2v) is 5.32. The van der Waals surface area contributed by atoms with E-state index in [0.29, 0.717) is 12.2 Å². The molecule has 5 nitrogen and oxygen atoms in total. The van der Waals surface area contributed by atoms with E-state index in [1.54, 1.807) is 12.1 Å². The molecule has 0 saturated heterocycles. The van der Waals surface area contributed by atoms with Crippen molar-refractivity contribution in [3.63, 3.8) is 0 Å². The van der Waals surface area contributed by atoms with E-state index in [-0.39, 0.29) is 12.1 Å². The molecule has 118 valence electrons. The molecule has 2 unspecified atom stereocenters. The monoisotopic (exact) mass is 302 g/mol. The number of nitrogens with one attached hydrogen (secondary N) is 2. The van der Waals surface area contributed by atoms with Gasteiger partial charge in [-0.15, -0.1) is 0 Å². The lowest BCUT2D eigenvalue weighted by Crippen LogP contribution is -2.37. The van der Waals surface area contributed by atoms with Gasteiger partial charge in [-0.25, -0.2) is 4.79 Å². The molecule has 1 aromatic carbocycles. The molecule has 22 heavy (non-hydrogen) atoms. The van der Waals surface area contributed by atoms with Crippen molar-refractivity contribution in [1.82, 2.24) is 5.32 Å². The van der Waals surface area contributed by atoms with Gasteiger partial charge < -0.3 is 20.2 Å². The van der Waals surface area contributed by atoms with E-state index in [1.165, 1.54) is 11.8 Å². The van der Waals surface area contributed by atoms with Crippen molar-refractivity contribution in [2.75, 3.05) is 5.32 Å². The molecule has 2 atom stereocenters. The fourth-order valence-corrected chi connectivity index (χ4v) is 2.21. The van der Waals surface area contributed by atoms with Crippen LogP contribution in [0.5, 0.6) is 0 Å².